The Balaban J connectivity index is 2.69. The van der Waals surface area contributed by atoms with Crippen molar-refractivity contribution in [1.29, 1.82) is 0 Å². The van der Waals surface area contributed by atoms with Gasteiger partial charge in [0.05, 0.1) is 0 Å². The van der Waals surface area contributed by atoms with Crippen LogP contribution in [0.5, 0.6) is 0 Å². The van der Waals surface area contributed by atoms with Gasteiger partial charge in [0.15, 0.2) is 5.82 Å². The lowest BCUT2D eigenvalue weighted by Crippen LogP contribution is -2.18. The zero-order valence-electron chi connectivity index (χ0n) is 9.86. The van der Waals surface area contributed by atoms with Gasteiger partial charge in [-0.05, 0) is 12.8 Å². The molecule has 0 aliphatic heterocycles. The molecule has 0 aliphatic rings. The van der Waals surface area contributed by atoms with Gasteiger partial charge in [0.2, 0.25) is 5.78 Å². The second-order valence-corrected chi connectivity index (χ2v) is 3.97. The Kier molecular flexibility index (Phi) is 4.53. The van der Waals surface area contributed by atoms with Crippen molar-refractivity contribution in [2.45, 2.75) is 39.5 Å². The van der Waals surface area contributed by atoms with E-state index in [1.54, 1.807) is 10.8 Å². The molecule has 1 unspecified atom stereocenters. The minimum absolute atomic E-state index is 0.144. The number of carbonyl (C=O) groups is 1. The Morgan fingerprint density at radius 2 is 2.27 bits per heavy atom. The average molecular weight is 208 g/mol. The molecule has 3 heteroatoms. The van der Waals surface area contributed by atoms with Crippen LogP contribution in [0.25, 0.3) is 0 Å². The molecular weight excluding hydrogens is 188 g/mol. The van der Waals surface area contributed by atoms with Gasteiger partial charge in [-0.25, -0.2) is 4.98 Å². The number of hydrogen-bond acceptors (Lipinski definition) is 2. The van der Waals surface area contributed by atoms with Gasteiger partial charge < -0.3 is 4.57 Å². The first kappa shape index (κ1) is 12.0. The fourth-order valence-electron chi connectivity index (χ4n) is 1.76. The largest absolute Gasteiger partial charge is 0.332 e. The van der Waals surface area contributed by atoms with Gasteiger partial charge in [-0.15, -0.1) is 0 Å². The average Bonchev–Trinajstić information content (AvgIpc) is 2.65. The van der Waals surface area contributed by atoms with Crippen molar-refractivity contribution in [3.63, 3.8) is 0 Å². The van der Waals surface area contributed by atoms with Crippen LogP contribution >= 0.6 is 0 Å². The van der Waals surface area contributed by atoms with E-state index in [1.807, 2.05) is 13.2 Å². The first-order valence-electron chi connectivity index (χ1n) is 5.72. The molecule has 0 aromatic carbocycles. The standard InChI is InChI=1S/C12H20N2O/c1-4-6-7-10(5-2)11(15)12-13-8-9-14(12)3/h8-10H,4-7H2,1-3H3. The van der Waals surface area contributed by atoms with Crippen LogP contribution < -0.4 is 0 Å². The number of Topliss-reactive ketones (excluding diaryl/α,β-unsaturated/α-hetero) is 1. The van der Waals surface area contributed by atoms with E-state index in [-0.39, 0.29) is 11.7 Å². The van der Waals surface area contributed by atoms with Gasteiger partial charge >= 0.3 is 0 Å². The van der Waals surface area contributed by atoms with Crippen LogP contribution in [0.3, 0.4) is 0 Å². The van der Waals surface area contributed by atoms with Gasteiger partial charge in [-0.3, -0.25) is 4.79 Å². The van der Waals surface area contributed by atoms with E-state index in [4.69, 9.17) is 0 Å². The molecule has 1 atom stereocenters. The smallest absolute Gasteiger partial charge is 0.201 e. The summed E-state index contributed by atoms with van der Waals surface area (Å²) < 4.78 is 1.80. The van der Waals surface area contributed by atoms with Crippen molar-refractivity contribution < 1.29 is 4.79 Å². The van der Waals surface area contributed by atoms with Crippen LogP contribution in [-0.2, 0) is 7.05 Å². The molecule has 15 heavy (non-hydrogen) atoms. The van der Waals surface area contributed by atoms with Crippen LogP contribution in [0.1, 0.15) is 50.1 Å². The molecule has 0 amide bonds. The molecule has 0 aliphatic carbocycles. The third kappa shape index (κ3) is 2.91. The van der Waals surface area contributed by atoms with Crippen molar-refractivity contribution in [3.05, 3.63) is 18.2 Å². The summed E-state index contributed by atoms with van der Waals surface area (Å²) in [6, 6.07) is 0. The zero-order chi connectivity index (χ0) is 11.3. The highest BCUT2D eigenvalue weighted by atomic mass is 16.1. The van der Waals surface area contributed by atoms with Crippen molar-refractivity contribution in [3.8, 4) is 0 Å². The summed E-state index contributed by atoms with van der Waals surface area (Å²) >= 11 is 0. The fourth-order valence-corrected chi connectivity index (χ4v) is 1.76. The maximum absolute atomic E-state index is 12.1. The van der Waals surface area contributed by atoms with E-state index in [2.05, 4.69) is 18.8 Å². The Morgan fingerprint density at radius 3 is 2.73 bits per heavy atom. The van der Waals surface area contributed by atoms with Crippen LogP contribution in [0.4, 0.5) is 0 Å². The molecule has 0 N–H and O–H groups in total. The number of aryl methyl sites for hydroxylation is 1. The highest BCUT2D eigenvalue weighted by molar-refractivity contribution is 5.94. The summed E-state index contributed by atoms with van der Waals surface area (Å²) in [6.07, 6.45) is 7.66. The summed E-state index contributed by atoms with van der Waals surface area (Å²) in [7, 11) is 1.87. The number of rotatable bonds is 6. The van der Waals surface area contributed by atoms with Crippen molar-refractivity contribution >= 4 is 5.78 Å². The number of imidazole rings is 1. The Bertz CT molecular complexity index is 317. The van der Waals surface area contributed by atoms with Gasteiger partial charge in [0.1, 0.15) is 0 Å². The van der Waals surface area contributed by atoms with E-state index >= 15 is 0 Å². The number of ketones is 1. The number of hydrogen-bond donors (Lipinski definition) is 0. The zero-order valence-corrected chi connectivity index (χ0v) is 9.86. The quantitative estimate of drug-likeness (QED) is 0.674. The second-order valence-electron chi connectivity index (χ2n) is 3.97. The van der Waals surface area contributed by atoms with Gasteiger partial charge in [0.25, 0.3) is 0 Å². The van der Waals surface area contributed by atoms with Gasteiger partial charge in [-0.1, -0.05) is 26.7 Å². The number of nitrogens with zero attached hydrogens (tertiary/aromatic N) is 2. The van der Waals surface area contributed by atoms with E-state index in [0.29, 0.717) is 5.82 Å². The Hall–Kier alpha value is -1.12. The molecule has 0 bridgehead atoms. The fraction of sp³-hybridized carbons (Fsp3) is 0.667. The topological polar surface area (TPSA) is 34.9 Å². The highest BCUT2D eigenvalue weighted by Gasteiger charge is 2.20. The molecule has 0 spiro atoms. The van der Waals surface area contributed by atoms with E-state index in [1.165, 1.54) is 0 Å². The molecule has 1 heterocycles. The molecule has 1 aromatic heterocycles. The molecule has 0 radical (unpaired) electrons. The molecular formula is C12H20N2O. The summed E-state index contributed by atoms with van der Waals surface area (Å²) in [5, 5.41) is 0. The normalized spacial score (nSPS) is 12.7. The summed E-state index contributed by atoms with van der Waals surface area (Å²) in [5.41, 5.74) is 0. The van der Waals surface area contributed by atoms with E-state index in [0.717, 1.165) is 25.7 Å². The minimum atomic E-state index is 0.144. The lowest BCUT2D eigenvalue weighted by atomic mass is 9.94. The lowest BCUT2D eigenvalue weighted by Gasteiger charge is -2.12. The maximum Gasteiger partial charge on any atom is 0.201 e. The molecule has 1 aromatic rings. The van der Waals surface area contributed by atoms with Gasteiger partial charge in [-0.2, -0.15) is 0 Å². The van der Waals surface area contributed by atoms with Crippen LogP contribution in [0.2, 0.25) is 0 Å². The predicted molar refractivity (Wildman–Crippen MR) is 60.8 cm³/mol. The summed E-state index contributed by atoms with van der Waals surface area (Å²) in [6.45, 7) is 4.22. The number of aromatic nitrogens is 2. The van der Waals surface area contributed by atoms with E-state index in [9.17, 15) is 4.79 Å². The molecule has 3 nitrogen and oxygen atoms in total. The maximum atomic E-state index is 12.1. The first-order chi connectivity index (χ1) is 7.20. The van der Waals surface area contributed by atoms with Crippen LogP contribution in [0, 0.1) is 5.92 Å². The Labute approximate surface area is 91.5 Å². The second kappa shape index (κ2) is 5.69. The SMILES string of the molecule is CCCCC(CC)C(=O)c1nccn1C. The predicted octanol–water partition coefficient (Wildman–Crippen LogP) is 2.82. The number of carbonyl (C=O) groups excluding carboxylic acids is 1. The van der Waals surface area contributed by atoms with Crippen LogP contribution in [-0.4, -0.2) is 15.3 Å². The first-order valence-corrected chi connectivity index (χ1v) is 5.72. The van der Waals surface area contributed by atoms with Gasteiger partial charge in [0, 0.05) is 25.4 Å². The van der Waals surface area contributed by atoms with E-state index < -0.39 is 0 Å². The molecule has 0 saturated heterocycles. The summed E-state index contributed by atoms with van der Waals surface area (Å²) in [5.74, 6) is 0.933. The molecule has 0 saturated carbocycles. The monoisotopic (exact) mass is 208 g/mol. The molecule has 84 valence electrons. The van der Waals surface area contributed by atoms with Crippen molar-refractivity contribution in [1.82, 2.24) is 9.55 Å². The third-order valence-corrected chi connectivity index (χ3v) is 2.81. The van der Waals surface area contributed by atoms with Crippen molar-refractivity contribution in [2.24, 2.45) is 13.0 Å². The third-order valence-electron chi connectivity index (χ3n) is 2.81. The number of unbranched alkanes of at least 4 members (excludes halogenated alkanes) is 1. The Morgan fingerprint density at radius 1 is 1.53 bits per heavy atom. The van der Waals surface area contributed by atoms with Crippen molar-refractivity contribution in [2.75, 3.05) is 0 Å². The summed E-state index contributed by atoms with van der Waals surface area (Å²) in [4.78, 5) is 16.2. The lowest BCUT2D eigenvalue weighted by molar-refractivity contribution is 0.0894. The highest BCUT2D eigenvalue weighted by Crippen LogP contribution is 2.17. The molecule has 1 rings (SSSR count). The van der Waals surface area contributed by atoms with Crippen LogP contribution in [0.15, 0.2) is 12.4 Å². The minimum Gasteiger partial charge on any atom is -0.332 e. The molecule has 0 fully saturated rings.